The van der Waals surface area contributed by atoms with E-state index in [0.717, 1.165) is 49.4 Å². The van der Waals surface area contributed by atoms with Crippen LogP contribution in [0.3, 0.4) is 0 Å². The molecule has 0 atom stereocenters. The smallest absolute Gasteiger partial charge is 0.140 e. The van der Waals surface area contributed by atoms with Crippen LogP contribution in [0.15, 0.2) is 52.1 Å². The lowest BCUT2D eigenvalue weighted by atomic mass is 10.0. The third-order valence-corrected chi connectivity index (χ3v) is 5.39. The molecule has 0 saturated carbocycles. The first-order valence-electron chi connectivity index (χ1n) is 8.65. The highest BCUT2D eigenvalue weighted by Gasteiger charge is 2.26. The fourth-order valence-electron chi connectivity index (χ4n) is 3.53. The Hall–Kier alpha value is -2.08. The number of oxime groups is 1. The van der Waals surface area contributed by atoms with Gasteiger partial charge >= 0.3 is 0 Å². The van der Waals surface area contributed by atoms with Crippen LogP contribution in [0.2, 0.25) is 5.02 Å². The summed E-state index contributed by atoms with van der Waals surface area (Å²) in [5.74, 6) is 0. The summed E-state index contributed by atoms with van der Waals surface area (Å²) in [5, 5.41) is 14.9. The molecule has 4 nitrogen and oxygen atoms in total. The molecule has 0 unspecified atom stereocenters. The molecule has 0 saturated heterocycles. The molecule has 0 spiro atoms. The highest BCUT2D eigenvalue weighted by molar-refractivity contribution is 9.10. The number of hydrogen-bond acceptors (Lipinski definition) is 3. The largest absolute Gasteiger partial charge is 0.393 e. The first-order valence-corrected chi connectivity index (χ1v) is 9.82. The minimum atomic E-state index is -0.0605. The van der Waals surface area contributed by atoms with Gasteiger partial charge in [0.1, 0.15) is 6.61 Å². The number of aliphatic hydroxyl groups is 1. The van der Waals surface area contributed by atoms with Gasteiger partial charge in [-0.25, -0.2) is 0 Å². The zero-order valence-corrected chi connectivity index (χ0v) is 17.1. The third kappa shape index (κ3) is 3.55. The molecule has 1 aliphatic carbocycles. The fourth-order valence-corrected chi connectivity index (χ4v) is 4.12. The van der Waals surface area contributed by atoms with Crippen LogP contribution >= 0.6 is 27.5 Å². The van der Waals surface area contributed by atoms with Crippen LogP contribution in [0.1, 0.15) is 23.7 Å². The average molecular weight is 446 g/mol. The van der Waals surface area contributed by atoms with Crippen LogP contribution in [-0.4, -0.2) is 29.0 Å². The molecule has 1 aliphatic rings. The van der Waals surface area contributed by atoms with E-state index in [4.69, 9.17) is 21.5 Å². The second-order valence-corrected chi connectivity index (χ2v) is 7.83. The van der Waals surface area contributed by atoms with Gasteiger partial charge in [-0.05, 0) is 60.0 Å². The number of benzene rings is 2. The van der Waals surface area contributed by atoms with Gasteiger partial charge in [0.25, 0.3) is 0 Å². The van der Waals surface area contributed by atoms with Gasteiger partial charge in [0.05, 0.1) is 12.3 Å². The monoisotopic (exact) mass is 444 g/mol. The molecular formula is C21H18BrClN2O2. The number of aromatic nitrogens is 1. The van der Waals surface area contributed by atoms with Gasteiger partial charge in [-0.3, -0.25) is 0 Å². The van der Waals surface area contributed by atoms with Crippen LogP contribution in [0, 0.1) is 0 Å². The minimum Gasteiger partial charge on any atom is -0.393 e. The van der Waals surface area contributed by atoms with Gasteiger partial charge in [0, 0.05) is 38.1 Å². The van der Waals surface area contributed by atoms with Crippen molar-refractivity contribution < 1.29 is 9.94 Å². The topological polar surface area (TPSA) is 57.6 Å². The molecular weight excluding hydrogens is 428 g/mol. The molecule has 27 heavy (non-hydrogen) atoms. The Bertz CT molecular complexity index is 1080. The lowest BCUT2D eigenvalue weighted by Crippen LogP contribution is -2.01. The molecule has 0 radical (unpaired) electrons. The third-order valence-electron chi connectivity index (χ3n) is 4.66. The highest BCUT2D eigenvalue weighted by Crippen LogP contribution is 2.41. The molecule has 4 rings (SSSR count). The lowest BCUT2D eigenvalue weighted by molar-refractivity contribution is 0.0988. The standard InChI is InChI=1S/C21H18BrClN2O2/c1-12(25-27-7-6-26)21-17-4-2-15(22)8-13(17)10-18(21)20-11-14-9-16(23)3-5-19(14)24-20/h2-5,8-9,11,24,26H,6-7,10H2,1H3/b25-12+. The van der Waals surface area contributed by atoms with Crippen LogP contribution in [0.4, 0.5) is 0 Å². The number of hydrogen-bond donors (Lipinski definition) is 2. The maximum Gasteiger partial charge on any atom is 0.140 e. The summed E-state index contributed by atoms with van der Waals surface area (Å²) < 4.78 is 1.05. The Kier molecular flexibility index (Phi) is 5.08. The zero-order chi connectivity index (χ0) is 19.0. The van der Waals surface area contributed by atoms with Crippen molar-refractivity contribution in [1.29, 1.82) is 0 Å². The van der Waals surface area contributed by atoms with Crippen molar-refractivity contribution in [3.05, 3.63) is 68.8 Å². The Morgan fingerprint density at radius 2 is 2.11 bits per heavy atom. The predicted octanol–water partition coefficient (Wildman–Crippen LogP) is 5.44. The Labute approximate surface area is 170 Å². The normalized spacial score (nSPS) is 14.1. The van der Waals surface area contributed by atoms with Crippen molar-refractivity contribution in [3.8, 4) is 0 Å². The van der Waals surface area contributed by atoms with Gasteiger partial charge in [-0.1, -0.05) is 38.8 Å². The van der Waals surface area contributed by atoms with Gasteiger partial charge in [-0.2, -0.15) is 0 Å². The maximum absolute atomic E-state index is 8.94. The summed E-state index contributed by atoms with van der Waals surface area (Å²) in [6, 6.07) is 14.2. The fraction of sp³-hybridized carbons (Fsp3) is 0.190. The molecule has 3 aromatic rings. The number of nitrogens with one attached hydrogen (secondary N) is 1. The minimum absolute atomic E-state index is 0.0605. The van der Waals surface area contributed by atoms with E-state index in [9.17, 15) is 0 Å². The first-order chi connectivity index (χ1) is 13.1. The number of allylic oxidation sites excluding steroid dienone is 2. The van der Waals surface area contributed by atoms with Crippen molar-refractivity contribution in [1.82, 2.24) is 4.98 Å². The number of halogens is 2. The SMILES string of the molecule is C/C(=N\OCCO)C1=C(c2cc3cc(Cl)ccc3[nH]2)Cc2cc(Br)ccc21. The number of fused-ring (bicyclic) bond motifs is 2. The molecule has 1 aromatic heterocycles. The molecule has 6 heteroatoms. The molecule has 1 heterocycles. The van der Waals surface area contributed by atoms with E-state index in [1.165, 1.54) is 11.1 Å². The first kappa shape index (κ1) is 18.3. The molecule has 138 valence electrons. The Morgan fingerprint density at radius 1 is 1.26 bits per heavy atom. The van der Waals surface area contributed by atoms with E-state index in [2.05, 4.69) is 44.3 Å². The molecule has 2 aromatic carbocycles. The van der Waals surface area contributed by atoms with Crippen LogP contribution in [-0.2, 0) is 11.3 Å². The molecule has 0 fully saturated rings. The second kappa shape index (κ2) is 7.50. The molecule has 0 amide bonds. The molecule has 0 bridgehead atoms. The molecule has 0 aliphatic heterocycles. The Morgan fingerprint density at radius 3 is 2.93 bits per heavy atom. The van der Waals surface area contributed by atoms with E-state index in [1.807, 2.05) is 31.2 Å². The summed E-state index contributed by atoms with van der Waals surface area (Å²) in [7, 11) is 0. The summed E-state index contributed by atoms with van der Waals surface area (Å²) in [5.41, 5.74) is 7.51. The maximum atomic E-state index is 8.94. The van der Waals surface area contributed by atoms with E-state index in [0.29, 0.717) is 0 Å². The summed E-state index contributed by atoms with van der Waals surface area (Å²) in [6.45, 7) is 2.05. The van der Waals surface area contributed by atoms with E-state index < -0.39 is 0 Å². The van der Waals surface area contributed by atoms with Crippen LogP contribution < -0.4 is 0 Å². The predicted molar refractivity (Wildman–Crippen MR) is 114 cm³/mol. The summed E-state index contributed by atoms with van der Waals surface area (Å²) >= 11 is 9.70. The van der Waals surface area contributed by atoms with Crippen molar-refractivity contribution in [2.45, 2.75) is 13.3 Å². The average Bonchev–Trinajstić information content (AvgIpc) is 3.21. The van der Waals surface area contributed by atoms with Gasteiger partial charge in [0.2, 0.25) is 0 Å². The number of aliphatic hydroxyl groups excluding tert-OH is 1. The summed E-state index contributed by atoms with van der Waals surface area (Å²) in [6.07, 6.45) is 0.803. The van der Waals surface area contributed by atoms with Crippen molar-refractivity contribution >= 4 is 55.3 Å². The quantitative estimate of drug-likeness (QED) is 0.312. The van der Waals surface area contributed by atoms with Crippen LogP contribution in [0.25, 0.3) is 22.0 Å². The van der Waals surface area contributed by atoms with E-state index in [-0.39, 0.29) is 13.2 Å². The summed E-state index contributed by atoms with van der Waals surface area (Å²) in [4.78, 5) is 8.72. The number of H-pyrrole nitrogens is 1. The van der Waals surface area contributed by atoms with Gasteiger partial charge in [-0.15, -0.1) is 0 Å². The highest BCUT2D eigenvalue weighted by atomic mass is 79.9. The van der Waals surface area contributed by atoms with Gasteiger partial charge < -0.3 is 14.9 Å². The van der Waals surface area contributed by atoms with E-state index >= 15 is 0 Å². The second-order valence-electron chi connectivity index (χ2n) is 6.48. The van der Waals surface area contributed by atoms with Crippen LogP contribution in [0.5, 0.6) is 0 Å². The number of aromatic amines is 1. The zero-order valence-electron chi connectivity index (χ0n) is 14.7. The van der Waals surface area contributed by atoms with Crippen molar-refractivity contribution in [3.63, 3.8) is 0 Å². The number of rotatable bonds is 5. The van der Waals surface area contributed by atoms with E-state index in [1.54, 1.807) is 0 Å². The van der Waals surface area contributed by atoms with Crippen molar-refractivity contribution in [2.24, 2.45) is 5.16 Å². The van der Waals surface area contributed by atoms with Crippen molar-refractivity contribution in [2.75, 3.05) is 13.2 Å². The lowest BCUT2D eigenvalue weighted by Gasteiger charge is -2.08. The Balaban J connectivity index is 1.85. The number of nitrogens with zero attached hydrogens (tertiary/aromatic N) is 1. The van der Waals surface area contributed by atoms with Gasteiger partial charge in [0.15, 0.2) is 0 Å². The molecule has 2 N–H and O–H groups in total.